The Morgan fingerprint density at radius 1 is 0.286 bits per heavy atom. The second kappa shape index (κ2) is 15.1. The van der Waals surface area contributed by atoms with Crippen molar-refractivity contribution in [2.45, 2.75) is 19.6 Å². The number of rotatable bonds is 8. The fourth-order valence-corrected chi connectivity index (χ4v) is 13.5. The maximum atomic E-state index is 5.34. The van der Waals surface area contributed by atoms with Crippen molar-refractivity contribution >= 4 is 53.6 Å². The van der Waals surface area contributed by atoms with Crippen LogP contribution in [-0.4, -0.2) is 24.1 Å². The topological polar surface area (TPSA) is 48.5 Å². The molecule has 3 heterocycles. The van der Waals surface area contributed by atoms with Crippen molar-refractivity contribution in [2.24, 2.45) is 0 Å². The Morgan fingerprint density at radius 2 is 0.619 bits per heavy atom. The molecule has 9 aromatic carbocycles. The third-order valence-electron chi connectivity index (χ3n) is 12.1. The van der Waals surface area contributed by atoms with Crippen LogP contribution in [0.25, 0.3) is 78.0 Å². The van der Waals surface area contributed by atoms with Gasteiger partial charge >= 0.3 is 0 Å². The Bertz CT molecular complexity index is 3280. The van der Waals surface area contributed by atoms with Gasteiger partial charge in [-0.3, -0.25) is 9.13 Å². The largest absolute Gasteiger partial charge is 0.278 e. The molecule has 0 saturated carbocycles. The predicted molar refractivity (Wildman–Crippen MR) is 259 cm³/mol. The molecule has 0 amide bonds. The van der Waals surface area contributed by atoms with Gasteiger partial charge < -0.3 is 0 Å². The van der Waals surface area contributed by atoms with E-state index in [2.05, 4.69) is 246 Å². The summed E-state index contributed by atoms with van der Waals surface area (Å²) in [7, 11) is -1.92. The minimum Gasteiger partial charge on any atom is -0.278 e. The highest BCUT2D eigenvalue weighted by Gasteiger charge is 2.35. The van der Waals surface area contributed by atoms with Gasteiger partial charge in [-0.2, -0.15) is 15.0 Å². The Hall–Kier alpha value is -8.06. The van der Waals surface area contributed by atoms with Crippen molar-refractivity contribution in [3.63, 3.8) is 0 Å². The molecule has 63 heavy (non-hydrogen) atoms. The molecule has 0 saturated heterocycles. The van der Waals surface area contributed by atoms with E-state index in [9.17, 15) is 0 Å². The minimum atomic E-state index is -1.92. The number of para-hydroxylation sites is 4. The normalized spacial score (nSPS) is 12.1. The van der Waals surface area contributed by atoms with Crippen LogP contribution in [0.2, 0.25) is 0 Å². The molecule has 0 aliphatic carbocycles. The summed E-state index contributed by atoms with van der Waals surface area (Å²) < 4.78 is 4.36. The zero-order chi connectivity index (χ0) is 41.7. The highest BCUT2D eigenvalue weighted by molar-refractivity contribution is 8.34. The first-order valence-electron chi connectivity index (χ1n) is 21.2. The number of nitrogens with zero attached hydrogens (tertiary/aromatic N) is 5. The van der Waals surface area contributed by atoms with Crippen LogP contribution in [0.5, 0.6) is 0 Å². The number of benzene rings is 9. The summed E-state index contributed by atoms with van der Waals surface area (Å²) >= 11 is 0. The molecule has 12 rings (SSSR count). The number of hydrogen-bond acceptors (Lipinski definition) is 3. The maximum Gasteiger partial charge on any atom is 0.240 e. The standard InChI is InChI=1S/C57H39N5S/c1-4-20-42(21-5-1)63(43-22-6-2-7-23-43,44-24-8-3-9-25-44)54-35-19-14-26-45(54)40-36-38-41(39-37-40)55-58-56(61-50-31-15-10-27-46(50)47-28-11-16-32-51(47)61)60-57(59-55)62-52-33-17-12-29-48(52)49-30-13-18-34-53(49)62/h1-39H. The molecule has 3 aromatic heterocycles. The molecule has 0 bridgehead atoms. The molecule has 5 nitrogen and oxygen atoms in total. The van der Waals surface area contributed by atoms with E-state index in [1.807, 2.05) is 0 Å². The van der Waals surface area contributed by atoms with E-state index in [4.69, 9.17) is 15.0 Å². The molecule has 0 atom stereocenters. The van der Waals surface area contributed by atoms with Crippen LogP contribution in [0, 0.1) is 0 Å². The number of aromatic nitrogens is 5. The van der Waals surface area contributed by atoms with Gasteiger partial charge in [0.1, 0.15) is 0 Å². The van der Waals surface area contributed by atoms with Crippen molar-refractivity contribution in [3.8, 4) is 34.4 Å². The summed E-state index contributed by atoms with van der Waals surface area (Å²) in [4.78, 5) is 21.1. The Balaban J connectivity index is 1.07. The smallest absolute Gasteiger partial charge is 0.240 e. The lowest BCUT2D eigenvalue weighted by Crippen LogP contribution is -2.10. The molecule has 0 aliphatic heterocycles. The van der Waals surface area contributed by atoms with E-state index in [0.29, 0.717) is 17.7 Å². The molecule has 298 valence electrons. The summed E-state index contributed by atoms with van der Waals surface area (Å²) in [5.41, 5.74) is 7.36. The average Bonchev–Trinajstić information content (AvgIpc) is 3.89. The van der Waals surface area contributed by atoms with E-state index in [1.54, 1.807) is 0 Å². The third kappa shape index (κ3) is 5.91. The lowest BCUT2D eigenvalue weighted by molar-refractivity contribution is 0.893. The Labute approximate surface area is 366 Å². The number of hydrogen-bond donors (Lipinski definition) is 0. The van der Waals surface area contributed by atoms with Gasteiger partial charge in [0.25, 0.3) is 0 Å². The van der Waals surface area contributed by atoms with Crippen molar-refractivity contribution < 1.29 is 0 Å². The van der Waals surface area contributed by atoms with E-state index >= 15 is 0 Å². The van der Waals surface area contributed by atoms with Gasteiger partial charge in [-0.1, -0.05) is 170 Å². The van der Waals surface area contributed by atoms with Gasteiger partial charge in [-0.25, -0.2) is 0 Å². The summed E-state index contributed by atoms with van der Waals surface area (Å²) in [6.45, 7) is 0. The fraction of sp³-hybridized carbons (Fsp3) is 0. The van der Waals surface area contributed by atoms with Crippen molar-refractivity contribution in [2.75, 3.05) is 0 Å². The molecule has 0 N–H and O–H groups in total. The van der Waals surface area contributed by atoms with Gasteiger partial charge in [0.15, 0.2) is 5.82 Å². The average molecular weight is 826 g/mol. The van der Waals surface area contributed by atoms with Crippen LogP contribution < -0.4 is 0 Å². The highest BCUT2D eigenvalue weighted by atomic mass is 32.3. The van der Waals surface area contributed by atoms with E-state index in [1.165, 1.54) is 25.1 Å². The van der Waals surface area contributed by atoms with Gasteiger partial charge in [-0.15, -0.1) is 10.0 Å². The van der Waals surface area contributed by atoms with E-state index in [0.717, 1.165) is 54.7 Å². The van der Waals surface area contributed by atoms with E-state index < -0.39 is 10.0 Å². The summed E-state index contributed by atoms with van der Waals surface area (Å²) in [6.07, 6.45) is 0. The van der Waals surface area contributed by atoms with Crippen LogP contribution >= 0.6 is 10.0 Å². The van der Waals surface area contributed by atoms with Crippen LogP contribution in [-0.2, 0) is 0 Å². The molecular formula is C57H39N5S. The first-order valence-corrected chi connectivity index (χ1v) is 22.8. The molecule has 0 unspecified atom stereocenters. The summed E-state index contributed by atoms with van der Waals surface area (Å²) in [5.74, 6) is 1.72. The van der Waals surface area contributed by atoms with Crippen LogP contribution in [0.1, 0.15) is 0 Å². The quantitative estimate of drug-likeness (QED) is 0.153. The molecule has 0 radical (unpaired) electrons. The summed E-state index contributed by atoms with van der Waals surface area (Å²) in [5, 5.41) is 4.60. The second-order valence-corrected chi connectivity index (χ2v) is 18.7. The highest BCUT2D eigenvalue weighted by Crippen LogP contribution is 2.74. The van der Waals surface area contributed by atoms with E-state index in [-0.39, 0.29) is 0 Å². The lowest BCUT2D eigenvalue weighted by Gasteiger charge is -2.43. The van der Waals surface area contributed by atoms with Crippen molar-refractivity contribution in [1.82, 2.24) is 24.1 Å². The van der Waals surface area contributed by atoms with Gasteiger partial charge in [-0.05, 0) is 77.9 Å². The van der Waals surface area contributed by atoms with Gasteiger partial charge in [0, 0.05) is 46.7 Å². The van der Waals surface area contributed by atoms with Crippen molar-refractivity contribution in [1.29, 1.82) is 0 Å². The van der Waals surface area contributed by atoms with Gasteiger partial charge in [0.05, 0.1) is 22.1 Å². The molecular weight excluding hydrogens is 787 g/mol. The van der Waals surface area contributed by atoms with Gasteiger partial charge in [0.2, 0.25) is 11.9 Å². The molecule has 0 aliphatic rings. The summed E-state index contributed by atoms with van der Waals surface area (Å²) in [6, 6.07) is 84.7. The predicted octanol–water partition coefficient (Wildman–Crippen LogP) is 14.7. The van der Waals surface area contributed by atoms with Crippen LogP contribution in [0.4, 0.5) is 0 Å². The zero-order valence-corrected chi connectivity index (χ0v) is 35.0. The van der Waals surface area contributed by atoms with Crippen molar-refractivity contribution in [3.05, 3.63) is 237 Å². The second-order valence-electron chi connectivity index (χ2n) is 15.6. The molecule has 0 spiro atoms. The monoisotopic (exact) mass is 825 g/mol. The number of fused-ring (bicyclic) bond motifs is 6. The SMILES string of the molecule is c1ccc(S(c2ccccc2)(c2ccccc2)c2ccccc2-c2ccc(-c3nc(-n4c5ccccc5c5ccccc54)nc(-n4c5ccccc5c5ccccc54)n3)cc2)cc1. The first kappa shape index (κ1) is 36.8. The fourth-order valence-electron chi connectivity index (χ4n) is 9.39. The Morgan fingerprint density at radius 3 is 1.03 bits per heavy atom. The Kier molecular flexibility index (Phi) is 8.83. The van der Waals surface area contributed by atoms with Crippen LogP contribution in [0.15, 0.2) is 256 Å². The lowest BCUT2D eigenvalue weighted by atomic mass is 10.0. The molecule has 12 aromatic rings. The zero-order valence-electron chi connectivity index (χ0n) is 34.2. The maximum absolute atomic E-state index is 5.34. The minimum absolute atomic E-state index is 0.561. The first-order chi connectivity index (χ1) is 31.3. The third-order valence-corrected chi connectivity index (χ3v) is 16.1. The molecule has 6 heteroatoms. The van der Waals surface area contributed by atoms with Crippen LogP contribution in [0.3, 0.4) is 0 Å². The molecule has 0 fully saturated rings.